The number of halogens is 1. The van der Waals surface area contributed by atoms with Crippen LogP contribution in [-0.4, -0.2) is 64.5 Å². The van der Waals surface area contributed by atoms with Crippen LogP contribution in [0.3, 0.4) is 0 Å². The quantitative estimate of drug-likeness (QED) is 0.571. The Morgan fingerprint density at radius 2 is 1.73 bits per heavy atom. The van der Waals surface area contributed by atoms with Crippen LogP contribution in [0.15, 0.2) is 18.2 Å². The Kier molecular flexibility index (Phi) is 6.22. The van der Waals surface area contributed by atoms with E-state index in [1.807, 2.05) is 0 Å². The van der Waals surface area contributed by atoms with Crippen molar-refractivity contribution in [2.45, 2.75) is 52.6 Å². The summed E-state index contributed by atoms with van der Waals surface area (Å²) in [4.78, 5) is 53.2. The molecule has 0 bridgehead atoms. The number of fused-ring (bicyclic) bond motifs is 1. The number of imide groups is 1. The summed E-state index contributed by atoms with van der Waals surface area (Å²) in [7, 11) is 0. The minimum atomic E-state index is -0.632. The topological polar surface area (TPSA) is 86.8 Å². The normalized spacial score (nSPS) is 17.5. The first-order valence-corrected chi connectivity index (χ1v) is 10.8. The fraction of sp³-hybridized carbons (Fsp3) is 0.545. The highest BCUT2D eigenvalue weighted by Crippen LogP contribution is 2.27. The molecule has 162 valence electrons. The van der Waals surface area contributed by atoms with Crippen molar-refractivity contribution in [3.05, 3.63) is 34.9 Å². The zero-order chi connectivity index (χ0) is 22.2. The molecule has 0 spiro atoms. The maximum absolute atomic E-state index is 12.9. The Hall–Kier alpha value is -2.41. The molecule has 1 aromatic rings. The van der Waals surface area contributed by atoms with E-state index in [0.717, 1.165) is 0 Å². The van der Waals surface area contributed by atoms with Gasteiger partial charge in [-0.15, -0.1) is 11.6 Å². The molecule has 0 saturated carbocycles. The first-order valence-electron chi connectivity index (χ1n) is 10.2. The molecular formula is C22H28ClN3O4. The summed E-state index contributed by atoms with van der Waals surface area (Å²) in [5, 5.41) is 3.02. The molecule has 0 aromatic heterocycles. The molecule has 3 rings (SSSR count). The molecule has 1 aromatic carbocycles. The van der Waals surface area contributed by atoms with Crippen LogP contribution < -0.4 is 5.32 Å². The number of carbonyl (C=O) groups is 4. The number of benzene rings is 1. The van der Waals surface area contributed by atoms with Crippen molar-refractivity contribution in [2.24, 2.45) is 5.41 Å². The van der Waals surface area contributed by atoms with E-state index in [0.29, 0.717) is 37.1 Å². The third-order valence-electron chi connectivity index (χ3n) is 5.75. The lowest BCUT2D eigenvalue weighted by atomic mass is 9.93. The molecule has 7 nitrogen and oxygen atoms in total. The SMILES string of the molecule is CC(C)N1C(=O)c2ccc(C(=O)N3CCC(NC(=O)C(C)(C)CCl)CC3)cc2C1=O. The zero-order valence-corrected chi connectivity index (χ0v) is 18.6. The second-order valence-corrected chi connectivity index (χ2v) is 9.16. The number of nitrogens with zero attached hydrogens (tertiary/aromatic N) is 2. The van der Waals surface area contributed by atoms with E-state index >= 15 is 0 Å². The first-order chi connectivity index (χ1) is 14.1. The largest absolute Gasteiger partial charge is 0.353 e. The summed E-state index contributed by atoms with van der Waals surface area (Å²) in [6.45, 7) is 8.18. The molecule has 1 fully saturated rings. The van der Waals surface area contributed by atoms with Gasteiger partial charge in [-0.25, -0.2) is 0 Å². The van der Waals surface area contributed by atoms with Gasteiger partial charge in [0.2, 0.25) is 5.91 Å². The van der Waals surface area contributed by atoms with Gasteiger partial charge >= 0.3 is 0 Å². The van der Waals surface area contributed by atoms with E-state index < -0.39 is 5.41 Å². The number of hydrogen-bond donors (Lipinski definition) is 1. The first kappa shape index (κ1) is 22.3. The summed E-state index contributed by atoms with van der Waals surface area (Å²) in [5.41, 5.74) is 0.386. The molecule has 4 amide bonds. The number of piperidine rings is 1. The van der Waals surface area contributed by atoms with Crippen LogP contribution >= 0.6 is 11.6 Å². The molecule has 1 saturated heterocycles. The van der Waals surface area contributed by atoms with Gasteiger partial charge in [-0.1, -0.05) is 0 Å². The smallest absolute Gasteiger partial charge is 0.261 e. The fourth-order valence-corrected chi connectivity index (χ4v) is 3.83. The molecule has 2 aliphatic rings. The van der Waals surface area contributed by atoms with Gasteiger partial charge in [-0.2, -0.15) is 0 Å². The van der Waals surface area contributed by atoms with E-state index in [-0.39, 0.29) is 47.2 Å². The lowest BCUT2D eigenvalue weighted by Gasteiger charge is -2.34. The van der Waals surface area contributed by atoms with Crippen molar-refractivity contribution in [3.63, 3.8) is 0 Å². The Bertz CT molecular complexity index is 888. The maximum Gasteiger partial charge on any atom is 0.261 e. The van der Waals surface area contributed by atoms with Gasteiger partial charge in [0.05, 0.1) is 16.5 Å². The number of rotatable bonds is 5. The predicted molar refractivity (Wildman–Crippen MR) is 114 cm³/mol. The van der Waals surface area contributed by atoms with Crippen LogP contribution in [-0.2, 0) is 4.79 Å². The number of carbonyl (C=O) groups excluding carboxylic acids is 4. The number of nitrogens with one attached hydrogen (secondary N) is 1. The number of alkyl halides is 1. The minimum Gasteiger partial charge on any atom is -0.353 e. The van der Waals surface area contributed by atoms with Crippen molar-refractivity contribution in [2.75, 3.05) is 19.0 Å². The molecule has 2 aliphatic heterocycles. The van der Waals surface area contributed by atoms with E-state index in [2.05, 4.69) is 5.32 Å². The van der Waals surface area contributed by atoms with Crippen molar-refractivity contribution in [3.8, 4) is 0 Å². The van der Waals surface area contributed by atoms with Crippen LogP contribution in [0, 0.1) is 5.41 Å². The van der Waals surface area contributed by atoms with E-state index in [1.54, 1.807) is 44.7 Å². The van der Waals surface area contributed by atoms with Crippen LogP contribution in [0.1, 0.15) is 71.6 Å². The molecule has 0 atom stereocenters. The third kappa shape index (κ3) is 4.08. The zero-order valence-electron chi connectivity index (χ0n) is 17.8. The number of likely N-dealkylation sites (tertiary alicyclic amines) is 1. The molecule has 0 aliphatic carbocycles. The molecule has 0 radical (unpaired) electrons. The van der Waals surface area contributed by atoms with E-state index in [4.69, 9.17) is 11.6 Å². The lowest BCUT2D eigenvalue weighted by Crippen LogP contribution is -2.49. The van der Waals surface area contributed by atoms with Gasteiger partial charge in [0.15, 0.2) is 0 Å². The van der Waals surface area contributed by atoms with Crippen LogP contribution in [0.4, 0.5) is 0 Å². The van der Waals surface area contributed by atoms with Gasteiger partial charge in [0.1, 0.15) is 0 Å². The van der Waals surface area contributed by atoms with Crippen LogP contribution in [0.5, 0.6) is 0 Å². The molecule has 0 unspecified atom stereocenters. The molecular weight excluding hydrogens is 406 g/mol. The molecule has 2 heterocycles. The van der Waals surface area contributed by atoms with Crippen molar-refractivity contribution < 1.29 is 19.2 Å². The van der Waals surface area contributed by atoms with Crippen LogP contribution in [0.25, 0.3) is 0 Å². The summed E-state index contributed by atoms with van der Waals surface area (Å²) >= 11 is 5.86. The highest BCUT2D eigenvalue weighted by atomic mass is 35.5. The van der Waals surface area contributed by atoms with Crippen molar-refractivity contribution in [1.82, 2.24) is 15.1 Å². The summed E-state index contributed by atoms with van der Waals surface area (Å²) in [6.07, 6.45) is 1.30. The van der Waals surface area contributed by atoms with Gasteiger partial charge in [-0.3, -0.25) is 24.1 Å². The molecule has 8 heteroatoms. The minimum absolute atomic E-state index is 0.00265. The average molecular weight is 434 g/mol. The van der Waals surface area contributed by atoms with Crippen molar-refractivity contribution in [1.29, 1.82) is 0 Å². The predicted octanol–water partition coefficient (Wildman–Crippen LogP) is 2.68. The average Bonchev–Trinajstić information content (AvgIpc) is 2.97. The standard InChI is InChI=1S/C22H28ClN3O4/c1-13(2)26-19(28)16-6-5-14(11-17(16)20(26)29)18(27)25-9-7-15(8-10-25)24-21(30)22(3,4)12-23/h5-6,11,13,15H,7-10,12H2,1-4H3,(H,24,30). The Morgan fingerprint density at radius 3 is 2.30 bits per heavy atom. The second kappa shape index (κ2) is 8.38. The Balaban J connectivity index is 1.65. The summed E-state index contributed by atoms with van der Waals surface area (Å²) in [6, 6.07) is 4.45. The monoisotopic (exact) mass is 433 g/mol. The summed E-state index contributed by atoms with van der Waals surface area (Å²) in [5.74, 6) is -0.696. The lowest BCUT2D eigenvalue weighted by molar-refractivity contribution is -0.129. The van der Waals surface area contributed by atoms with Gasteiger partial charge in [0.25, 0.3) is 17.7 Å². The van der Waals surface area contributed by atoms with E-state index in [9.17, 15) is 19.2 Å². The second-order valence-electron chi connectivity index (χ2n) is 8.89. The Labute approximate surface area is 181 Å². The molecule has 30 heavy (non-hydrogen) atoms. The van der Waals surface area contributed by atoms with E-state index in [1.165, 1.54) is 11.0 Å². The van der Waals surface area contributed by atoms with Gasteiger partial charge in [-0.05, 0) is 58.7 Å². The fourth-order valence-electron chi connectivity index (χ4n) is 3.71. The van der Waals surface area contributed by atoms with Crippen LogP contribution in [0.2, 0.25) is 0 Å². The van der Waals surface area contributed by atoms with Gasteiger partial charge < -0.3 is 10.2 Å². The van der Waals surface area contributed by atoms with Crippen molar-refractivity contribution >= 4 is 35.2 Å². The maximum atomic E-state index is 12.9. The number of hydrogen-bond acceptors (Lipinski definition) is 4. The highest BCUT2D eigenvalue weighted by Gasteiger charge is 2.38. The number of amides is 4. The molecule has 1 N–H and O–H groups in total. The Morgan fingerprint density at radius 1 is 1.13 bits per heavy atom. The third-order valence-corrected chi connectivity index (χ3v) is 6.42. The highest BCUT2D eigenvalue weighted by molar-refractivity contribution is 6.22. The van der Waals surface area contributed by atoms with Gasteiger partial charge in [0, 0.05) is 36.6 Å². The summed E-state index contributed by atoms with van der Waals surface area (Å²) < 4.78 is 0.